The van der Waals surface area contributed by atoms with E-state index in [1.165, 1.54) is 0 Å². The number of nitrogens with two attached hydrogens (primary N) is 1. The Balaban J connectivity index is 2.39. The summed E-state index contributed by atoms with van der Waals surface area (Å²) in [5.41, 5.74) is 6.39. The maximum Gasteiger partial charge on any atom is 0.201 e. The van der Waals surface area contributed by atoms with E-state index in [1.54, 1.807) is 18.2 Å². The van der Waals surface area contributed by atoms with Crippen LogP contribution in [0.15, 0.2) is 28.2 Å². The number of amidine groups is 1. The Bertz CT molecular complexity index is 539. The second kappa shape index (κ2) is 5.77. The van der Waals surface area contributed by atoms with Crippen molar-refractivity contribution >= 4 is 35.0 Å². The van der Waals surface area contributed by atoms with E-state index in [4.69, 9.17) is 28.9 Å². The minimum atomic E-state index is -0.316. The standard InChI is InChI=1S/C12H15Cl2N5/c1-19(2)12-17-10(6-15)16-11(18-12)8-5-7(13)3-4-9(8)14/h3-5,10H,6,15H2,1-2H3,(H,16,17,18). The lowest BCUT2D eigenvalue weighted by Crippen LogP contribution is -2.45. The summed E-state index contributed by atoms with van der Waals surface area (Å²) >= 11 is 12.2. The van der Waals surface area contributed by atoms with Crippen LogP contribution in [0.1, 0.15) is 5.56 Å². The van der Waals surface area contributed by atoms with Gasteiger partial charge in [-0.3, -0.25) is 0 Å². The molecule has 0 fully saturated rings. The first-order valence-corrected chi connectivity index (χ1v) is 6.52. The van der Waals surface area contributed by atoms with Crippen LogP contribution in [0.5, 0.6) is 0 Å². The molecule has 0 aromatic heterocycles. The number of hydrogen-bond donors (Lipinski definition) is 2. The molecule has 102 valence electrons. The highest BCUT2D eigenvalue weighted by Gasteiger charge is 2.19. The van der Waals surface area contributed by atoms with Gasteiger partial charge in [0.05, 0.1) is 5.02 Å². The molecule has 7 heteroatoms. The van der Waals surface area contributed by atoms with Crippen LogP contribution in [-0.4, -0.2) is 43.5 Å². The zero-order chi connectivity index (χ0) is 14.0. The van der Waals surface area contributed by atoms with E-state index >= 15 is 0 Å². The number of halogens is 2. The number of guanidine groups is 1. The van der Waals surface area contributed by atoms with Crippen LogP contribution in [0, 0.1) is 0 Å². The lowest BCUT2D eigenvalue weighted by molar-refractivity contribution is 0.575. The van der Waals surface area contributed by atoms with Crippen LogP contribution in [0.25, 0.3) is 0 Å². The molecule has 1 heterocycles. The minimum Gasteiger partial charge on any atom is -0.349 e. The first-order chi connectivity index (χ1) is 9.01. The van der Waals surface area contributed by atoms with E-state index in [1.807, 2.05) is 19.0 Å². The van der Waals surface area contributed by atoms with E-state index in [0.717, 1.165) is 5.56 Å². The van der Waals surface area contributed by atoms with Crippen molar-refractivity contribution in [2.24, 2.45) is 15.7 Å². The Hall–Kier alpha value is -1.30. The predicted octanol–water partition coefficient (Wildman–Crippen LogP) is 1.55. The Kier molecular flexibility index (Phi) is 4.29. The highest BCUT2D eigenvalue weighted by Crippen LogP contribution is 2.22. The lowest BCUT2D eigenvalue weighted by Gasteiger charge is -2.25. The summed E-state index contributed by atoms with van der Waals surface area (Å²) in [6.45, 7) is 0.334. The number of rotatable bonds is 2. The van der Waals surface area contributed by atoms with Crippen LogP contribution in [-0.2, 0) is 0 Å². The molecule has 1 aromatic carbocycles. The fourth-order valence-electron chi connectivity index (χ4n) is 1.64. The van der Waals surface area contributed by atoms with Gasteiger partial charge in [-0.25, -0.2) is 9.98 Å². The van der Waals surface area contributed by atoms with Crippen molar-refractivity contribution in [3.8, 4) is 0 Å². The second-order valence-electron chi connectivity index (χ2n) is 4.29. The molecule has 0 amide bonds. The first kappa shape index (κ1) is 14.1. The Morgan fingerprint density at radius 2 is 2.05 bits per heavy atom. The zero-order valence-electron chi connectivity index (χ0n) is 10.7. The van der Waals surface area contributed by atoms with Crippen molar-refractivity contribution in [2.45, 2.75) is 6.17 Å². The molecule has 0 aliphatic carbocycles. The fourth-order valence-corrected chi connectivity index (χ4v) is 2.02. The highest BCUT2D eigenvalue weighted by atomic mass is 35.5. The molecule has 1 unspecified atom stereocenters. The van der Waals surface area contributed by atoms with Gasteiger partial charge in [0.1, 0.15) is 5.84 Å². The van der Waals surface area contributed by atoms with Crippen LogP contribution in [0.4, 0.5) is 0 Å². The van der Waals surface area contributed by atoms with Crippen molar-refractivity contribution < 1.29 is 0 Å². The maximum atomic E-state index is 6.18. The van der Waals surface area contributed by atoms with Gasteiger partial charge >= 0.3 is 0 Å². The monoisotopic (exact) mass is 299 g/mol. The molecule has 2 rings (SSSR count). The van der Waals surface area contributed by atoms with Crippen LogP contribution >= 0.6 is 23.2 Å². The largest absolute Gasteiger partial charge is 0.349 e. The summed E-state index contributed by atoms with van der Waals surface area (Å²) in [5, 5.41) is 4.30. The Labute approximate surface area is 122 Å². The third kappa shape index (κ3) is 3.18. The van der Waals surface area contributed by atoms with Gasteiger partial charge < -0.3 is 16.0 Å². The fraction of sp³-hybridized carbons (Fsp3) is 0.333. The zero-order valence-corrected chi connectivity index (χ0v) is 12.2. The molecule has 0 saturated carbocycles. The van der Waals surface area contributed by atoms with E-state index < -0.39 is 0 Å². The van der Waals surface area contributed by atoms with Gasteiger partial charge in [-0.1, -0.05) is 23.2 Å². The lowest BCUT2D eigenvalue weighted by atomic mass is 10.2. The van der Waals surface area contributed by atoms with Gasteiger partial charge in [0.25, 0.3) is 0 Å². The van der Waals surface area contributed by atoms with Crippen molar-refractivity contribution in [1.82, 2.24) is 10.2 Å². The molecular weight excluding hydrogens is 285 g/mol. The highest BCUT2D eigenvalue weighted by molar-refractivity contribution is 6.36. The molecule has 0 bridgehead atoms. The van der Waals surface area contributed by atoms with Crippen LogP contribution in [0.3, 0.4) is 0 Å². The summed E-state index contributed by atoms with van der Waals surface area (Å²) in [6, 6.07) is 5.24. The molecule has 1 atom stereocenters. The minimum absolute atomic E-state index is 0.316. The smallest absolute Gasteiger partial charge is 0.201 e. The molecule has 5 nitrogen and oxygen atoms in total. The average molecular weight is 300 g/mol. The van der Waals surface area contributed by atoms with E-state index in [2.05, 4.69) is 15.3 Å². The molecular formula is C12H15Cl2N5. The van der Waals surface area contributed by atoms with Gasteiger partial charge in [-0.05, 0) is 18.2 Å². The van der Waals surface area contributed by atoms with Crippen molar-refractivity contribution in [3.05, 3.63) is 33.8 Å². The third-order valence-electron chi connectivity index (χ3n) is 2.60. The molecule has 1 aliphatic rings. The van der Waals surface area contributed by atoms with Gasteiger partial charge in [0, 0.05) is 31.2 Å². The van der Waals surface area contributed by atoms with E-state index in [9.17, 15) is 0 Å². The molecule has 0 saturated heterocycles. The Morgan fingerprint density at radius 3 is 2.68 bits per heavy atom. The molecule has 1 aliphatic heterocycles. The summed E-state index contributed by atoms with van der Waals surface area (Å²) in [4.78, 5) is 10.7. The first-order valence-electron chi connectivity index (χ1n) is 5.76. The van der Waals surface area contributed by atoms with Crippen molar-refractivity contribution in [3.63, 3.8) is 0 Å². The van der Waals surface area contributed by atoms with Crippen molar-refractivity contribution in [2.75, 3.05) is 20.6 Å². The average Bonchev–Trinajstić information content (AvgIpc) is 2.40. The summed E-state index contributed by atoms with van der Waals surface area (Å²) < 4.78 is 0. The molecule has 0 radical (unpaired) electrons. The SMILES string of the molecule is CN(C)C1=NC(CN)N=C(c2cc(Cl)ccc2Cl)N1. The molecule has 3 N–H and O–H groups in total. The van der Waals surface area contributed by atoms with E-state index in [-0.39, 0.29) is 6.17 Å². The third-order valence-corrected chi connectivity index (χ3v) is 3.16. The topological polar surface area (TPSA) is 66.0 Å². The number of nitrogens with one attached hydrogen (secondary N) is 1. The number of aliphatic imine (C=N–C) groups is 2. The number of nitrogens with zero attached hydrogens (tertiary/aromatic N) is 3. The van der Waals surface area contributed by atoms with Crippen LogP contribution in [0.2, 0.25) is 10.0 Å². The van der Waals surface area contributed by atoms with Crippen LogP contribution < -0.4 is 11.1 Å². The van der Waals surface area contributed by atoms with Gasteiger partial charge in [0.15, 0.2) is 6.17 Å². The normalized spacial score (nSPS) is 18.5. The predicted molar refractivity (Wildman–Crippen MR) is 80.1 cm³/mol. The molecule has 19 heavy (non-hydrogen) atoms. The summed E-state index contributed by atoms with van der Waals surface area (Å²) in [7, 11) is 3.78. The Morgan fingerprint density at radius 1 is 1.32 bits per heavy atom. The van der Waals surface area contributed by atoms with Crippen molar-refractivity contribution in [1.29, 1.82) is 0 Å². The molecule has 0 spiro atoms. The molecule has 1 aromatic rings. The number of hydrogen-bond acceptors (Lipinski definition) is 5. The number of benzene rings is 1. The van der Waals surface area contributed by atoms with E-state index in [0.29, 0.717) is 28.4 Å². The van der Waals surface area contributed by atoms with Gasteiger partial charge in [-0.15, -0.1) is 0 Å². The summed E-state index contributed by atoms with van der Waals surface area (Å²) in [6.07, 6.45) is -0.316. The quantitative estimate of drug-likeness (QED) is 0.871. The van der Waals surface area contributed by atoms with Gasteiger partial charge in [-0.2, -0.15) is 0 Å². The second-order valence-corrected chi connectivity index (χ2v) is 5.13. The maximum absolute atomic E-state index is 6.18. The van der Waals surface area contributed by atoms with Gasteiger partial charge in [0.2, 0.25) is 5.96 Å². The summed E-state index contributed by atoms with van der Waals surface area (Å²) in [5.74, 6) is 1.32.